The summed E-state index contributed by atoms with van der Waals surface area (Å²) in [6.07, 6.45) is 4.50. The Bertz CT molecular complexity index is 1130. The van der Waals surface area contributed by atoms with Gasteiger partial charge in [0.15, 0.2) is 0 Å². The number of carbonyl (C=O) groups excluding carboxylic acids is 1. The van der Waals surface area contributed by atoms with Gasteiger partial charge in [0, 0.05) is 61.6 Å². The van der Waals surface area contributed by atoms with Crippen LogP contribution in [0, 0.1) is 6.92 Å². The Kier molecular flexibility index (Phi) is 6.22. The minimum Gasteiger partial charge on any atom is -0.483 e. The largest absolute Gasteiger partial charge is 0.483 e. The number of hydrogen-bond acceptors (Lipinski definition) is 6. The van der Waals surface area contributed by atoms with Gasteiger partial charge in [-0.1, -0.05) is 0 Å². The minimum atomic E-state index is -0.250. The van der Waals surface area contributed by atoms with Crippen LogP contribution in [-0.2, 0) is 11.2 Å². The van der Waals surface area contributed by atoms with E-state index in [-0.39, 0.29) is 12.5 Å². The lowest BCUT2D eigenvalue weighted by Gasteiger charge is -2.34. The number of piperazine rings is 1. The number of carboxylic acid groups (broad SMARTS) is 1. The zero-order valence-electron chi connectivity index (χ0n) is 18.2. The summed E-state index contributed by atoms with van der Waals surface area (Å²) in [5.41, 5.74) is 5.02. The van der Waals surface area contributed by atoms with Crippen molar-refractivity contribution in [2.75, 3.05) is 41.3 Å². The van der Waals surface area contributed by atoms with Gasteiger partial charge in [-0.15, -0.1) is 0 Å². The van der Waals surface area contributed by atoms with Gasteiger partial charge in [-0.25, -0.2) is 14.3 Å². The maximum atomic E-state index is 13.0. The van der Waals surface area contributed by atoms with Crippen LogP contribution in [0.25, 0.3) is 5.52 Å². The van der Waals surface area contributed by atoms with Crippen LogP contribution in [0.2, 0.25) is 0 Å². The van der Waals surface area contributed by atoms with Crippen molar-refractivity contribution in [2.45, 2.75) is 26.3 Å². The molecule has 2 amide bonds. The standard InChI is InChI=1S/C21H25N7O.CH2O2/c1-14-11-17-12-16(4-9-28(17)25-14)24-21(29)27-8-5-18-19(3-6-23-20(18)27)26-10-7-22-15(2)13-26;2-1-3/h3-4,6,9,11-12,15,22H,5,7-8,10,13H2,1-2H3,(H,24,29);1H,(H,2,3)/t15-;/m0./s1. The highest BCUT2D eigenvalue weighted by Gasteiger charge is 2.30. The Morgan fingerprint density at radius 3 is 2.91 bits per heavy atom. The highest BCUT2D eigenvalue weighted by molar-refractivity contribution is 6.03. The zero-order chi connectivity index (χ0) is 22.7. The van der Waals surface area contributed by atoms with Gasteiger partial charge < -0.3 is 20.6 Å². The van der Waals surface area contributed by atoms with Crippen molar-refractivity contribution < 1.29 is 14.7 Å². The summed E-state index contributed by atoms with van der Waals surface area (Å²) in [5, 5.41) is 17.8. The smallest absolute Gasteiger partial charge is 0.327 e. The minimum absolute atomic E-state index is 0.150. The lowest BCUT2D eigenvalue weighted by Crippen LogP contribution is -2.49. The van der Waals surface area contributed by atoms with E-state index in [0.29, 0.717) is 12.6 Å². The first-order valence-corrected chi connectivity index (χ1v) is 10.6. The molecule has 3 aromatic heterocycles. The van der Waals surface area contributed by atoms with E-state index in [9.17, 15) is 4.79 Å². The van der Waals surface area contributed by atoms with E-state index in [1.807, 2.05) is 37.5 Å². The third kappa shape index (κ3) is 4.35. The number of nitrogens with zero attached hydrogens (tertiary/aromatic N) is 5. The second kappa shape index (κ2) is 9.23. The fourth-order valence-corrected chi connectivity index (χ4v) is 4.31. The van der Waals surface area contributed by atoms with Crippen LogP contribution in [-0.4, -0.2) is 64.4 Å². The number of nitrogens with one attached hydrogen (secondary N) is 2. The second-order valence-corrected chi connectivity index (χ2v) is 7.94. The number of aromatic nitrogens is 3. The third-order valence-electron chi connectivity index (χ3n) is 5.64. The molecule has 3 aromatic rings. The van der Waals surface area contributed by atoms with Crippen molar-refractivity contribution in [3.05, 3.63) is 47.9 Å². The van der Waals surface area contributed by atoms with Gasteiger partial charge in [0.25, 0.3) is 6.47 Å². The fraction of sp³-hybridized carbons (Fsp3) is 0.364. The van der Waals surface area contributed by atoms with Crippen LogP contribution in [0.15, 0.2) is 36.7 Å². The molecule has 1 saturated heterocycles. The molecule has 0 spiro atoms. The maximum Gasteiger partial charge on any atom is 0.327 e. The van der Waals surface area contributed by atoms with E-state index in [2.05, 4.69) is 38.6 Å². The monoisotopic (exact) mass is 437 g/mol. The lowest BCUT2D eigenvalue weighted by molar-refractivity contribution is -0.122. The highest BCUT2D eigenvalue weighted by Crippen LogP contribution is 2.34. The molecule has 10 nitrogen and oxygen atoms in total. The van der Waals surface area contributed by atoms with Crippen LogP contribution in [0.5, 0.6) is 0 Å². The van der Waals surface area contributed by atoms with E-state index in [4.69, 9.17) is 9.90 Å². The number of aryl methyl sites for hydroxylation is 1. The summed E-state index contributed by atoms with van der Waals surface area (Å²) in [6, 6.07) is 8.16. The van der Waals surface area contributed by atoms with Crippen LogP contribution in [0.1, 0.15) is 18.2 Å². The molecule has 5 rings (SSSR count). The predicted molar refractivity (Wildman–Crippen MR) is 123 cm³/mol. The molecule has 0 aromatic carbocycles. The lowest BCUT2D eigenvalue weighted by atomic mass is 10.1. The molecule has 5 heterocycles. The molecular formula is C22H27N7O3. The first-order chi connectivity index (χ1) is 15.5. The molecule has 32 heavy (non-hydrogen) atoms. The molecule has 0 radical (unpaired) electrons. The number of hydrogen-bond donors (Lipinski definition) is 3. The number of urea groups is 1. The Hall–Kier alpha value is -3.66. The second-order valence-electron chi connectivity index (χ2n) is 7.94. The molecule has 0 unspecified atom stereocenters. The SMILES string of the molecule is Cc1cc2cc(NC(=O)N3CCc4c(N5CCN[C@@H](C)C5)ccnc43)ccn2n1.O=CO. The van der Waals surface area contributed by atoms with Gasteiger partial charge in [0.05, 0.1) is 11.2 Å². The summed E-state index contributed by atoms with van der Waals surface area (Å²) in [6.45, 7) is 7.45. The first-order valence-electron chi connectivity index (χ1n) is 10.6. The highest BCUT2D eigenvalue weighted by atomic mass is 16.3. The Balaban J connectivity index is 0.000000775. The van der Waals surface area contributed by atoms with E-state index in [1.54, 1.807) is 9.42 Å². The van der Waals surface area contributed by atoms with Gasteiger partial charge in [0.1, 0.15) is 5.82 Å². The van der Waals surface area contributed by atoms with E-state index in [1.165, 1.54) is 11.3 Å². The molecule has 10 heteroatoms. The van der Waals surface area contributed by atoms with E-state index < -0.39 is 0 Å². The van der Waals surface area contributed by atoms with Crippen LogP contribution >= 0.6 is 0 Å². The van der Waals surface area contributed by atoms with Crippen molar-refractivity contribution >= 4 is 35.2 Å². The van der Waals surface area contributed by atoms with Gasteiger partial charge in [-0.05, 0) is 44.5 Å². The average molecular weight is 438 g/mol. The predicted octanol–water partition coefficient (Wildman–Crippen LogP) is 2.13. The van der Waals surface area contributed by atoms with Gasteiger partial charge in [0.2, 0.25) is 0 Å². The quantitative estimate of drug-likeness (QED) is 0.526. The summed E-state index contributed by atoms with van der Waals surface area (Å²) < 4.78 is 1.80. The molecule has 1 atom stereocenters. The molecule has 3 N–H and O–H groups in total. The molecule has 1 fully saturated rings. The van der Waals surface area contributed by atoms with Gasteiger partial charge in [-0.2, -0.15) is 5.10 Å². The number of pyridine rings is 2. The summed E-state index contributed by atoms with van der Waals surface area (Å²) in [4.78, 5) is 30.0. The zero-order valence-corrected chi connectivity index (χ0v) is 18.2. The molecule has 0 saturated carbocycles. The first kappa shape index (κ1) is 21.6. The molecule has 2 aliphatic rings. The van der Waals surface area contributed by atoms with Crippen molar-refractivity contribution in [3.63, 3.8) is 0 Å². The fourth-order valence-electron chi connectivity index (χ4n) is 4.31. The van der Waals surface area contributed by atoms with Crippen LogP contribution < -0.4 is 20.4 Å². The number of rotatable bonds is 2. The molecular weight excluding hydrogens is 410 g/mol. The van der Waals surface area contributed by atoms with Crippen molar-refractivity contribution in [2.24, 2.45) is 0 Å². The number of fused-ring (bicyclic) bond motifs is 2. The Morgan fingerprint density at radius 1 is 1.31 bits per heavy atom. The van der Waals surface area contributed by atoms with Crippen molar-refractivity contribution in [1.29, 1.82) is 0 Å². The number of anilines is 3. The topological polar surface area (TPSA) is 115 Å². The summed E-state index contributed by atoms with van der Waals surface area (Å²) in [5.74, 6) is 0.771. The maximum absolute atomic E-state index is 13.0. The van der Waals surface area contributed by atoms with Crippen molar-refractivity contribution in [1.82, 2.24) is 19.9 Å². The Labute approximate surface area is 185 Å². The average Bonchev–Trinajstić information content (AvgIpc) is 3.36. The molecule has 168 valence electrons. The van der Waals surface area contributed by atoms with Gasteiger partial charge in [-0.3, -0.25) is 9.69 Å². The number of carbonyl (C=O) groups is 2. The summed E-state index contributed by atoms with van der Waals surface area (Å²) >= 11 is 0. The van der Waals surface area contributed by atoms with Crippen LogP contribution in [0.3, 0.4) is 0 Å². The van der Waals surface area contributed by atoms with E-state index in [0.717, 1.165) is 48.8 Å². The molecule has 0 aliphatic carbocycles. The van der Waals surface area contributed by atoms with Crippen LogP contribution in [0.4, 0.5) is 22.0 Å². The Morgan fingerprint density at radius 2 is 2.12 bits per heavy atom. The summed E-state index contributed by atoms with van der Waals surface area (Å²) in [7, 11) is 0. The normalized spacial score (nSPS) is 17.5. The van der Waals surface area contributed by atoms with Crippen molar-refractivity contribution in [3.8, 4) is 0 Å². The molecule has 0 bridgehead atoms. The van der Waals surface area contributed by atoms with E-state index >= 15 is 0 Å². The third-order valence-corrected chi connectivity index (χ3v) is 5.64. The number of amides is 2. The molecule has 2 aliphatic heterocycles. The van der Waals surface area contributed by atoms with Gasteiger partial charge >= 0.3 is 6.03 Å².